The van der Waals surface area contributed by atoms with Gasteiger partial charge in [0.05, 0.1) is 20.0 Å². The molecule has 0 aliphatic rings. The van der Waals surface area contributed by atoms with Crippen LogP contribution in [0.5, 0.6) is 11.6 Å². The van der Waals surface area contributed by atoms with Crippen LogP contribution in [0.3, 0.4) is 0 Å². The van der Waals surface area contributed by atoms with Crippen LogP contribution in [-0.4, -0.2) is 36.9 Å². The minimum atomic E-state index is -0.359. The zero-order chi connectivity index (χ0) is 11.8. The van der Waals surface area contributed by atoms with Gasteiger partial charge in [-0.15, -0.1) is 0 Å². The Hall–Kier alpha value is -1.56. The van der Waals surface area contributed by atoms with E-state index in [0.29, 0.717) is 19.8 Å². The summed E-state index contributed by atoms with van der Waals surface area (Å²) in [6.07, 6.45) is 2.24. The summed E-state index contributed by atoms with van der Waals surface area (Å²) in [5.41, 5.74) is -0.359. The van der Waals surface area contributed by atoms with E-state index in [-0.39, 0.29) is 17.2 Å². The van der Waals surface area contributed by atoms with E-state index in [0.717, 1.165) is 6.42 Å². The molecule has 0 saturated heterocycles. The molecule has 0 spiro atoms. The van der Waals surface area contributed by atoms with Gasteiger partial charge in [-0.25, -0.2) is 4.98 Å². The van der Waals surface area contributed by atoms with Crippen LogP contribution in [0.25, 0.3) is 0 Å². The molecule has 0 unspecified atom stereocenters. The molecular formula is C10H16N2O4. The summed E-state index contributed by atoms with van der Waals surface area (Å²) in [5, 5.41) is 0. The first-order chi connectivity index (χ1) is 7.79. The van der Waals surface area contributed by atoms with E-state index in [9.17, 15) is 4.79 Å². The summed E-state index contributed by atoms with van der Waals surface area (Å²) in [6, 6.07) is 0. The standard InChI is InChI=1S/C10H16N2O4/c1-3-4-15-5-6-16-10-8(14-2)9(13)11-7-12-10/h7H,3-6H2,1-2H3,(H,11,12,13). The molecule has 0 atom stereocenters. The monoisotopic (exact) mass is 228 g/mol. The van der Waals surface area contributed by atoms with Crippen LogP contribution in [0.1, 0.15) is 13.3 Å². The van der Waals surface area contributed by atoms with E-state index in [4.69, 9.17) is 14.2 Å². The van der Waals surface area contributed by atoms with Crippen LogP contribution in [0.15, 0.2) is 11.1 Å². The van der Waals surface area contributed by atoms with E-state index in [1.165, 1.54) is 13.4 Å². The second kappa shape index (κ2) is 6.84. The maximum absolute atomic E-state index is 11.3. The lowest BCUT2D eigenvalue weighted by Crippen LogP contribution is -2.14. The molecule has 1 heterocycles. The van der Waals surface area contributed by atoms with Gasteiger partial charge in [-0.05, 0) is 6.42 Å². The van der Waals surface area contributed by atoms with Gasteiger partial charge >= 0.3 is 0 Å². The maximum Gasteiger partial charge on any atom is 0.297 e. The Bertz CT molecular complexity index is 364. The highest BCUT2D eigenvalue weighted by atomic mass is 16.5. The molecule has 0 aliphatic carbocycles. The Morgan fingerprint density at radius 3 is 2.88 bits per heavy atom. The first-order valence-corrected chi connectivity index (χ1v) is 5.11. The van der Waals surface area contributed by atoms with Crippen LogP contribution in [0.2, 0.25) is 0 Å². The minimum Gasteiger partial charge on any atom is -0.487 e. The van der Waals surface area contributed by atoms with Crippen LogP contribution < -0.4 is 15.0 Å². The lowest BCUT2D eigenvalue weighted by atomic mass is 10.5. The number of hydrogen-bond acceptors (Lipinski definition) is 5. The number of aromatic amines is 1. The molecule has 0 saturated carbocycles. The van der Waals surface area contributed by atoms with Crippen molar-refractivity contribution in [1.82, 2.24) is 9.97 Å². The van der Waals surface area contributed by atoms with Crippen molar-refractivity contribution in [1.29, 1.82) is 0 Å². The Balaban J connectivity index is 2.47. The predicted molar refractivity (Wildman–Crippen MR) is 58.0 cm³/mol. The minimum absolute atomic E-state index is 0.0815. The number of H-pyrrole nitrogens is 1. The molecule has 0 aliphatic heterocycles. The average Bonchev–Trinajstić information content (AvgIpc) is 2.29. The second-order valence-electron chi connectivity index (χ2n) is 3.03. The number of nitrogens with one attached hydrogen (secondary N) is 1. The number of hydrogen-bond donors (Lipinski definition) is 1. The first kappa shape index (κ1) is 12.5. The van der Waals surface area contributed by atoms with Crippen LogP contribution in [0.4, 0.5) is 0 Å². The smallest absolute Gasteiger partial charge is 0.297 e. The van der Waals surface area contributed by atoms with Gasteiger partial charge in [0.15, 0.2) is 0 Å². The third kappa shape index (κ3) is 3.54. The number of rotatable bonds is 7. The summed E-state index contributed by atoms with van der Waals surface area (Å²) in [5.74, 6) is 0.268. The van der Waals surface area contributed by atoms with Crippen molar-refractivity contribution in [3.05, 3.63) is 16.7 Å². The topological polar surface area (TPSA) is 73.4 Å². The summed E-state index contributed by atoms with van der Waals surface area (Å²) in [6.45, 7) is 3.53. The molecule has 6 nitrogen and oxygen atoms in total. The lowest BCUT2D eigenvalue weighted by molar-refractivity contribution is 0.0976. The van der Waals surface area contributed by atoms with Gasteiger partial charge < -0.3 is 19.2 Å². The maximum atomic E-state index is 11.3. The molecule has 0 bridgehead atoms. The molecule has 1 aromatic rings. The fourth-order valence-electron chi connectivity index (χ4n) is 1.10. The highest BCUT2D eigenvalue weighted by Crippen LogP contribution is 2.16. The van der Waals surface area contributed by atoms with Gasteiger partial charge in [-0.2, -0.15) is 0 Å². The number of ether oxygens (including phenoxy) is 3. The van der Waals surface area contributed by atoms with Gasteiger partial charge in [-0.3, -0.25) is 4.79 Å². The normalized spacial score (nSPS) is 10.1. The molecule has 6 heteroatoms. The quantitative estimate of drug-likeness (QED) is 0.691. The Labute approximate surface area is 93.6 Å². The summed E-state index contributed by atoms with van der Waals surface area (Å²) in [4.78, 5) is 17.5. The molecule has 0 fully saturated rings. The first-order valence-electron chi connectivity index (χ1n) is 5.11. The predicted octanol–water partition coefficient (Wildman–Crippen LogP) is 0.584. The molecule has 1 aromatic heterocycles. The van der Waals surface area contributed by atoms with E-state index in [2.05, 4.69) is 9.97 Å². The van der Waals surface area contributed by atoms with Crippen LogP contribution >= 0.6 is 0 Å². The largest absolute Gasteiger partial charge is 0.487 e. The Morgan fingerprint density at radius 1 is 1.38 bits per heavy atom. The molecule has 0 aromatic carbocycles. The molecule has 16 heavy (non-hydrogen) atoms. The van der Waals surface area contributed by atoms with Crippen molar-refractivity contribution in [2.24, 2.45) is 0 Å². The van der Waals surface area contributed by atoms with E-state index in [1.54, 1.807) is 0 Å². The van der Waals surface area contributed by atoms with Crippen molar-refractivity contribution in [3.8, 4) is 11.6 Å². The van der Waals surface area contributed by atoms with Gasteiger partial charge in [0.1, 0.15) is 6.61 Å². The fraction of sp³-hybridized carbons (Fsp3) is 0.600. The molecule has 1 rings (SSSR count). The summed E-state index contributed by atoms with van der Waals surface area (Å²) in [7, 11) is 1.40. The second-order valence-corrected chi connectivity index (χ2v) is 3.03. The number of methoxy groups -OCH3 is 1. The molecule has 0 radical (unpaired) electrons. The van der Waals surface area contributed by atoms with Crippen LogP contribution in [0, 0.1) is 0 Å². The van der Waals surface area contributed by atoms with Crippen molar-refractivity contribution in [2.75, 3.05) is 26.9 Å². The number of aromatic nitrogens is 2. The summed E-state index contributed by atoms with van der Waals surface area (Å²) >= 11 is 0. The molecule has 90 valence electrons. The zero-order valence-corrected chi connectivity index (χ0v) is 9.49. The SMILES string of the molecule is CCCOCCOc1nc[nH]c(=O)c1OC. The zero-order valence-electron chi connectivity index (χ0n) is 9.49. The van der Waals surface area contributed by atoms with E-state index < -0.39 is 0 Å². The van der Waals surface area contributed by atoms with Crippen molar-refractivity contribution in [2.45, 2.75) is 13.3 Å². The van der Waals surface area contributed by atoms with Gasteiger partial charge in [0.25, 0.3) is 11.4 Å². The average molecular weight is 228 g/mol. The lowest BCUT2D eigenvalue weighted by Gasteiger charge is -2.08. The third-order valence-corrected chi connectivity index (χ3v) is 1.80. The van der Waals surface area contributed by atoms with Crippen molar-refractivity contribution in [3.63, 3.8) is 0 Å². The van der Waals surface area contributed by atoms with Gasteiger partial charge in [0, 0.05) is 6.61 Å². The molecular weight excluding hydrogens is 212 g/mol. The number of nitrogens with zero attached hydrogens (tertiary/aromatic N) is 1. The molecule has 1 N–H and O–H groups in total. The fourth-order valence-corrected chi connectivity index (χ4v) is 1.10. The van der Waals surface area contributed by atoms with Gasteiger partial charge in [0.2, 0.25) is 5.75 Å². The summed E-state index contributed by atoms with van der Waals surface area (Å²) < 4.78 is 15.4. The molecule has 0 amide bonds. The Morgan fingerprint density at radius 2 is 2.19 bits per heavy atom. The van der Waals surface area contributed by atoms with E-state index in [1.807, 2.05) is 6.92 Å². The third-order valence-electron chi connectivity index (χ3n) is 1.80. The van der Waals surface area contributed by atoms with E-state index >= 15 is 0 Å². The van der Waals surface area contributed by atoms with Crippen LogP contribution in [-0.2, 0) is 4.74 Å². The highest BCUT2D eigenvalue weighted by molar-refractivity contribution is 5.29. The Kier molecular flexibility index (Phi) is 5.35. The van der Waals surface area contributed by atoms with Crippen molar-refractivity contribution < 1.29 is 14.2 Å². The van der Waals surface area contributed by atoms with Gasteiger partial charge in [-0.1, -0.05) is 6.92 Å². The van der Waals surface area contributed by atoms with Crippen molar-refractivity contribution >= 4 is 0 Å². The highest BCUT2D eigenvalue weighted by Gasteiger charge is 2.09.